The van der Waals surface area contributed by atoms with E-state index in [9.17, 15) is 10.1 Å². The van der Waals surface area contributed by atoms with Crippen molar-refractivity contribution < 1.29 is 14.4 Å². The van der Waals surface area contributed by atoms with E-state index in [4.69, 9.17) is 14.5 Å². The molecule has 166 valence electrons. The monoisotopic (exact) mass is 459 g/mol. The maximum atomic E-state index is 11.1. The van der Waals surface area contributed by atoms with Crippen LogP contribution in [0.5, 0.6) is 11.5 Å². The maximum Gasteiger partial charge on any atom is 0.269 e. The molecular weight excluding hydrogens is 438 g/mol. The largest absolute Gasteiger partial charge is 0.454 e. The van der Waals surface area contributed by atoms with Gasteiger partial charge in [0.1, 0.15) is 0 Å². The van der Waals surface area contributed by atoms with Crippen molar-refractivity contribution in [1.82, 2.24) is 4.57 Å². The van der Waals surface area contributed by atoms with Crippen molar-refractivity contribution in [2.45, 2.75) is 20.4 Å². The third kappa shape index (κ3) is 4.38. The average molecular weight is 460 g/mol. The molecule has 2 heterocycles. The Hall–Kier alpha value is -3.91. The molecule has 0 N–H and O–H groups in total. The van der Waals surface area contributed by atoms with Crippen LogP contribution in [0.4, 0.5) is 11.4 Å². The van der Waals surface area contributed by atoms with E-state index in [1.165, 1.54) is 23.5 Å². The Morgan fingerprint density at radius 2 is 1.73 bits per heavy atom. The van der Waals surface area contributed by atoms with Gasteiger partial charge < -0.3 is 14.0 Å². The SMILES string of the molecule is Cc1cc(C)cc(N=c2scc(-c3ccc([N+](=O)[O-])cc3)n2Cc2ccc3c(c2)OCO3)c1. The number of ether oxygens (including phenoxy) is 2. The molecule has 1 aromatic heterocycles. The van der Waals surface area contributed by atoms with Crippen LogP contribution in [0.3, 0.4) is 0 Å². The van der Waals surface area contributed by atoms with E-state index in [2.05, 4.69) is 36.6 Å². The molecule has 3 aromatic carbocycles. The van der Waals surface area contributed by atoms with Gasteiger partial charge in [0.25, 0.3) is 5.69 Å². The van der Waals surface area contributed by atoms with Gasteiger partial charge in [-0.1, -0.05) is 12.1 Å². The number of rotatable bonds is 5. The number of benzene rings is 3. The van der Waals surface area contributed by atoms with Gasteiger partial charge in [0, 0.05) is 17.5 Å². The lowest BCUT2D eigenvalue weighted by Gasteiger charge is -2.10. The summed E-state index contributed by atoms with van der Waals surface area (Å²) in [5.74, 6) is 1.47. The molecule has 0 spiro atoms. The number of nitro groups is 1. The molecule has 4 aromatic rings. The molecular formula is C25H21N3O4S. The minimum absolute atomic E-state index is 0.0662. The van der Waals surface area contributed by atoms with E-state index in [1.807, 2.05) is 23.6 Å². The third-order valence-electron chi connectivity index (χ3n) is 5.38. The van der Waals surface area contributed by atoms with E-state index in [0.717, 1.165) is 49.9 Å². The number of hydrogen-bond donors (Lipinski definition) is 0. The van der Waals surface area contributed by atoms with E-state index in [0.29, 0.717) is 6.54 Å². The number of aryl methyl sites for hydroxylation is 2. The topological polar surface area (TPSA) is 78.9 Å². The van der Waals surface area contributed by atoms with Crippen LogP contribution in [0.25, 0.3) is 11.3 Å². The van der Waals surface area contributed by atoms with E-state index in [-0.39, 0.29) is 17.4 Å². The molecule has 7 nitrogen and oxygen atoms in total. The summed E-state index contributed by atoms with van der Waals surface area (Å²) < 4.78 is 13.1. The standard InChI is InChI=1S/C25H21N3O4S/c1-16-9-17(2)11-20(10-16)26-25-27(13-18-3-8-23-24(12-18)32-15-31-23)22(14-33-25)19-4-6-21(7-5-19)28(29)30/h3-12,14H,13,15H2,1-2H3. The van der Waals surface area contributed by atoms with Gasteiger partial charge in [-0.3, -0.25) is 10.1 Å². The van der Waals surface area contributed by atoms with Gasteiger partial charge in [-0.15, -0.1) is 11.3 Å². The van der Waals surface area contributed by atoms with Crippen LogP contribution in [0.1, 0.15) is 16.7 Å². The molecule has 8 heteroatoms. The normalized spacial score (nSPS) is 12.8. The number of thiazole rings is 1. The van der Waals surface area contributed by atoms with Gasteiger partial charge in [-0.2, -0.15) is 0 Å². The number of hydrogen-bond acceptors (Lipinski definition) is 6. The highest BCUT2D eigenvalue weighted by Crippen LogP contribution is 2.33. The van der Waals surface area contributed by atoms with Gasteiger partial charge in [-0.05, 0) is 72.5 Å². The fourth-order valence-corrected chi connectivity index (χ4v) is 4.83. The third-order valence-corrected chi connectivity index (χ3v) is 6.24. The number of aromatic nitrogens is 1. The van der Waals surface area contributed by atoms with Crippen molar-refractivity contribution in [3.8, 4) is 22.8 Å². The fourth-order valence-electron chi connectivity index (χ4n) is 3.90. The molecule has 0 saturated heterocycles. The summed E-state index contributed by atoms with van der Waals surface area (Å²) in [6.45, 7) is 4.91. The Morgan fingerprint density at radius 3 is 2.45 bits per heavy atom. The number of non-ortho nitro benzene ring substituents is 1. The predicted molar refractivity (Wildman–Crippen MR) is 127 cm³/mol. The Balaban J connectivity index is 1.62. The van der Waals surface area contributed by atoms with Gasteiger partial charge in [-0.25, -0.2) is 4.99 Å². The fraction of sp³-hybridized carbons (Fsp3) is 0.160. The number of fused-ring (bicyclic) bond motifs is 1. The van der Waals surface area contributed by atoms with E-state index >= 15 is 0 Å². The van der Waals surface area contributed by atoms with Crippen LogP contribution < -0.4 is 14.3 Å². The first-order chi connectivity index (χ1) is 16.0. The lowest BCUT2D eigenvalue weighted by Crippen LogP contribution is -2.16. The Labute approximate surface area is 194 Å². The van der Waals surface area contributed by atoms with Crippen molar-refractivity contribution in [3.05, 3.63) is 97.6 Å². The van der Waals surface area contributed by atoms with Crippen molar-refractivity contribution in [3.63, 3.8) is 0 Å². The van der Waals surface area contributed by atoms with Crippen molar-refractivity contribution >= 4 is 22.7 Å². The van der Waals surface area contributed by atoms with Gasteiger partial charge >= 0.3 is 0 Å². The van der Waals surface area contributed by atoms with E-state index < -0.39 is 0 Å². The van der Waals surface area contributed by atoms with Crippen LogP contribution in [-0.4, -0.2) is 16.3 Å². The Kier molecular flexibility index (Phi) is 5.43. The highest BCUT2D eigenvalue weighted by molar-refractivity contribution is 7.07. The number of nitrogens with zero attached hydrogens (tertiary/aromatic N) is 3. The molecule has 0 aliphatic carbocycles. The summed E-state index contributed by atoms with van der Waals surface area (Å²) in [5.41, 5.74) is 6.14. The molecule has 1 aliphatic heterocycles. The summed E-state index contributed by atoms with van der Waals surface area (Å²) in [5, 5.41) is 13.1. The second kappa shape index (κ2) is 8.55. The zero-order valence-electron chi connectivity index (χ0n) is 18.1. The smallest absolute Gasteiger partial charge is 0.269 e. The van der Waals surface area contributed by atoms with Gasteiger partial charge in [0.05, 0.1) is 22.8 Å². The van der Waals surface area contributed by atoms with Crippen molar-refractivity contribution in [2.75, 3.05) is 6.79 Å². The molecule has 0 bridgehead atoms. The summed E-state index contributed by atoms with van der Waals surface area (Å²) in [6.07, 6.45) is 0. The molecule has 0 atom stereocenters. The summed E-state index contributed by atoms with van der Waals surface area (Å²) >= 11 is 1.54. The van der Waals surface area contributed by atoms with Crippen LogP contribution in [0.15, 0.2) is 71.0 Å². The first kappa shape index (κ1) is 21.0. The van der Waals surface area contributed by atoms with Crippen molar-refractivity contribution in [2.24, 2.45) is 4.99 Å². The molecule has 1 aliphatic rings. The maximum absolute atomic E-state index is 11.1. The molecule has 0 radical (unpaired) electrons. The second-order valence-corrected chi connectivity index (χ2v) is 8.78. The summed E-state index contributed by atoms with van der Waals surface area (Å²) in [4.78, 5) is 16.5. The average Bonchev–Trinajstić information content (AvgIpc) is 3.40. The zero-order chi connectivity index (χ0) is 22.9. The first-order valence-electron chi connectivity index (χ1n) is 10.4. The van der Waals surface area contributed by atoms with Gasteiger partial charge in [0.15, 0.2) is 16.3 Å². The molecule has 0 fully saturated rings. The number of nitro benzene ring substituents is 1. The Morgan fingerprint density at radius 1 is 1.00 bits per heavy atom. The molecule has 5 rings (SSSR count). The molecule has 0 saturated carbocycles. The summed E-state index contributed by atoms with van der Waals surface area (Å²) in [6, 6.07) is 18.7. The van der Waals surface area contributed by atoms with Crippen molar-refractivity contribution in [1.29, 1.82) is 0 Å². The quantitative estimate of drug-likeness (QED) is 0.281. The summed E-state index contributed by atoms with van der Waals surface area (Å²) in [7, 11) is 0. The minimum atomic E-state index is -0.390. The molecule has 0 amide bonds. The highest BCUT2D eigenvalue weighted by atomic mass is 32.1. The first-order valence-corrected chi connectivity index (χ1v) is 11.3. The molecule has 33 heavy (non-hydrogen) atoms. The van der Waals surface area contributed by atoms with Crippen LogP contribution in [0, 0.1) is 24.0 Å². The van der Waals surface area contributed by atoms with Crippen LogP contribution in [-0.2, 0) is 6.54 Å². The second-order valence-electron chi connectivity index (χ2n) is 7.94. The lowest BCUT2D eigenvalue weighted by molar-refractivity contribution is -0.384. The Bertz CT molecular complexity index is 1400. The van der Waals surface area contributed by atoms with Crippen LogP contribution >= 0.6 is 11.3 Å². The minimum Gasteiger partial charge on any atom is -0.454 e. The van der Waals surface area contributed by atoms with Crippen LogP contribution in [0.2, 0.25) is 0 Å². The van der Waals surface area contributed by atoms with Gasteiger partial charge in [0.2, 0.25) is 6.79 Å². The molecule has 0 unspecified atom stereocenters. The highest BCUT2D eigenvalue weighted by Gasteiger charge is 2.16. The zero-order valence-corrected chi connectivity index (χ0v) is 19.0. The lowest BCUT2D eigenvalue weighted by atomic mass is 10.1. The van der Waals surface area contributed by atoms with E-state index in [1.54, 1.807) is 12.1 Å². The predicted octanol–water partition coefficient (Wildman–Crippen LogP) is 5.75.